The SMILES string of the molecule is CC(=O)NC1CCN(C(=O)C(=O)NC23CCC(CC2)Cn2c3nc(C(=O)NCc3ccc(F)cc3)c(O)c2=O)C1. The lowest BCUT2D eigenvalue weighted by atomic mass is 9.77. The average Bonchev–Trinajstić information content (AvgIpc) is 3.26. The van der Waals surface area contributed by atoms with Crippen LogP contribution in [-0.4, -0.2) is 62.3 Å². The molecule has 13 heteroatoms. The van der Waals surface area contributed by atoms with Crippen LogP contribution in [0.5, 0.6) is 5.75 Å². The number of aromatic hydroxyl groups is 1. The van der Waals surface area contributed by atoms with Crippen LogP contribution in [0.4, 0.5) is 4.39 Å². The van der Waals surface area contributed by atoms with Crippen LogP contribution in [0.3, 0.4) is 0 Å². The molecule has 1 aliphatic carbocycles. The lowest BCUT2D eigenvalue weighted by Gasteiger charge is -2.37. The second-order valence-corrected chi connectivity index (χ2v) is 10.8. The van der Waals surface area contributed by atoms with E-state index in [4.69, 9.17) is 0 Å². The molecule has 2 bridgehead atoms. The van der Waals surface area contributed by atoms with Gasteiger partial charge in [-0.3, -0.25) is 28.5 Å². The Morgan fingerprint density at radius 3 is 2.48 bits per heavy atom. The molecule has 1 saturated carbocycles. The zero-order chi connectivity index (χ0) is 28.6. The molecule has 0 spiro atoms. The largest absolute Gasteiger partial charge is 0.501 e. The third-order valence-corrected chi connectivity index (χ3v) is 7.98. The monoisotopic (exact) mass is 554 g/mol. The number of hydrogen-bond acceptors (Lipinski definition) is 7. The normalized spacial score (nSPS) is 23.2. The second kappa shape index (κ2) is 10.7. The molecule has 4 heterocycles. The number of carbonyl (C=O) groups excluding carboxylic acids is 4. The fourth-order valence-electron chi connectivity index (χ4n) is 5.89. The van der Waals surface area contributed by atoms with Gasteiger partial charge in [-0.2, -0.15) is 0 Å². The van der Waals surface area contributed by atoms with E-state index in [0.717, 1.165) is 0 Å². The van der Waals surface area contributed by atoms with Crippen LogP contribution in [-0.2, 0) is 33.0 Å². The standard InChI is InChI=1S/C27H31FN6O6/c1-15(35)30-19-8-11-33(14-19)25(40)23(38)32-27-9-6-17(7-10-27)13-34-24(39)21(36)20(31-26(27)34)22(37)29-12-16-2-4-18(28)5-3-16/h2-5,17,19,36H,6-14H2,1H3,(H,29,37)(H,30,35)(H,32,38). The first kappa shape index (κ1) is 27.3. The van der Waals surface area contributed by atoms with Gasteiger partial charge in [-0.05, 0) is 55.7 Å². The van der Waals surface area contributed by atoms with Gasteiger partial charge in [0.2, 0.25) is 11.7 Å². The predicted molar refractivity (Wildman–Crippen MR) is 138 cm³/mol. The molecular weight excluding hydrogens is 523 g/mol. The third-order valence-electron chi connectivity index (χ3n) is 7.98. The fraction of sp³-hybridized carbons (Fsp3) is 0.481. The molecule has 2 aromatic rings. The first-order chi connectivity index (χ1) is 19.1. The number of likely N-dealkylation sites (tertiary alicyclic amines) is 1. The van der Waals surface area contributed by atoms with E-state index < -0.39 is 46.1 Å². The molecule has 4 aliphatic rings. The number of aromatic nitrogens is 2. The van der Waals surface area contributed by atoms with Crippen LogP contribution >= 0.6 is 0 Å². The lowest BCUT2D eigenvalue weighted by molar-refractivity contribution is -0.146. The Morgan fingerprint density at radius 1 is 1.10 bits per heavy atom. The van der Waals surface area contributed by atoms with Crippen LogP contribution in [0.25, 0.3) is 0 Å². The Kier molecular flexibility index (Phi) is 7.30. The zero-order valence-corrected chi connectivity index (χ0v) is 22.0. The lowest BCUT2D eigenvalue weighted by Crippen LogP contribution is -2.54. The van der Waals surface area contributed by atoms with Crippen molar-refractivity contribution >= 4 is 23.6 Å². The number of fused-ring (bicyclic) bond motifs is 2. The van der Waals surface area contributed by atoms with Gasteiger partial charge in [0.15, 0.2) is 5.69 Å². The van der Waals surface area contributed by atoms with Crippen LogP contribution in [0.2, 0.25) is 0 Å². The summed E-state index contributed by atoms with van der Waals surface area (Å²) >= 11 is 0. The van der Waals surface area contributed by atoms with Gasteiger partial charge < -0.3 is 26.0 Å². The van der Waals surface area contributed by atoms with Gasteiger partial charge in [0.1, 0.15) is 11.6 Å². The van der Waals surface area contributed by atoms with Crippen molar-refractivity contribution in [3.63, 3.8) is 0 Å². The molecule has 12 nitrogen and oxygen atoms in total. The third kappa shape index (κ3) is 5.27. The van der Waals surface area contributed by atoms with Crippen molar-refractivity contribution in [2.75, 3.05) is 13.1 Å². The Balaban J connectivity index is 1.40. The minimum Gasteiger partial charge on any atom is -0.501 e. The summed E-state index contributed by atoms with van der Waals surface area (Å²) in [5.41, 5.74) is -1.87. The van der Waals surface area contributed by atoms with Crippen molar-refractivity contribution in [2.45, 2.75) is 63.7 Å². The van der Waals surface area contributed by atoms with E-state index in [0.29, 0.717) is 44.2 Å². The molecule has 4 amide bonds. The Bertz CT molecular complexity index is 1420. The quantitative estimate of drug-likeness (QED) is 0.386. The maximum Gasteiger partial charge on any atom is 0.311 e. The van der Waals surface area contributed by atoms with Gasteiger partial charge in [0, 0.05) is 39.1 Å². The minimum atomic E-state index is -1.19. The molecule has 1 aromatic heterocycles. The van der Waals surface area contributed by atoms with E-state index in [-0.39, 0.29) is 43.3 Å². The Morgan fingerprint density at radius 2 is 1.80 bits per heavy atom. The van der Waals surface area contributed by atoms with E-state index >= 15 is 0 Å². The van der Waals surface area contributed by atoms with Crippen molar-refractivity contribution in [1.82, 2.24) is 30.4 Å². The summed E-state index contributed by atoms with van der Waals surface area (Å²) < 4.78 is 14.5. The minimum absolute atomic E-state index is 0.00637. The summed E-state index contributed by atoms with van der Waals surface area (Å²) in [4.78, 5) is 69.7. The smallest absolute Gasteiger partial charge is 0.311 e. The number of carbonyl (C=O) groups is 4. The Hall–Kier alpha value is -4.29. The molecular formula is C27H31FN6O6. The Labute approximate surface area is 229 Å². The average molecular weight is 555 g/mol. The molecule has 6 rings (SSSR count). The van der Waals surface area contributed by atoms with Gasteiger partial charge in [-0.15, -0.1) is 0 Å². The highest BCUT2D eigenvalue weighted by Crippen LogP contribution is 2.43. The van der Waals surface area contributed by atoms with E-state index in [1.165, 1.54) is 40.7 Å². The molecule has 40 heavy (non-hydrogen) atoms. The van der Waals surface area contributed by atoms with Crippen LogP contribution in [0.1, 0.15) is 60.9 Å². The predicted octanol–water partition coefficient (Wildman–Crippen LogP) is 0.270. The molecule has 1 atom stereocenters. The van der Waals surface area contributed by atoms with Gasteiger partial charge in [0.05, 0.1) is 5.54 Å². The van der Waals surface area contributed by atoms with Gasteiger partial charge in [-0.25, -0.2) is 9.37 Å². The number of nitrogens with one attached hydrogen (secondary N) is 3. The summed E-state index contributed by atoms with van der Waals surface area (Å²) in [6.07, 6.45) is 2.63. The van der Waals surface area contributed by atoms with Gasteiger partial charge >= 0.3 is 11.8 Å². The maximum atomic E-state index is 13.2. The van der Waals surface area contributed by atoms with Crippen molar-refractivity contribution in [3.8, 4) is 5.75 Å². The van der Waals surface area contributed by atoms with Crippen molar-refractivity contribution in [1.29, 1.82) is 0 Å². The zero-order valence-electron chi connectivity index (χ0n) is 22.0. The number of halogens is 1. The number of hydrogen-bond donors (Lipinski definition) is 4. The summed E-state index contributed by atoms with van der Waals surface area (Å²) in [5, 5.41) is 18.8. The number of amides is 4. The van der Waals surface area contributed by atoms with Crippen molar-refractivity contribution < 1.29 is 28.7 Å². The highest BCUT2D eigenvalue weighted by Gasteiger charge is 2.47. The van der Waals surface area contributed by atoms with Crippen LogP contribution < -0.4 is 21.5 Å². The highest BCUT2D eigenvalue weighted by atomic mass is 19.1. The number of nitrogens with zero attached hydrogens (tertiary/aromatic N) is 3. The molecule has 3 aliphatic heterocycles. The molecule has 1 aromatic carbocycles. The van der Waals surface area contributed by atoms with E-state index in [1.807, 2.05) is 0 Å². The maximum absolute atomic E-state index is 13.2. The number of benzene rings is 1. The molecule has 212 valence electrons. The molecule has 0 radical (unpaired) electrons. The van der Waals surface area contributed by atoms with E-state index in [1.54, 1.807) is 0 Å². The van der Waals surface area contributed by atoms with Crippen molar-refractivity contribution in [3.05, 3.63) is 57.5 Å². The summed E-state index contributed by atoms with van der Waals surface area (Å²) in [6, 6.07) is 5.25. The number of rotatable bonds is 5. The van der Waals surface area contributed by atoms with Gasteiger partial charge in [0.25, 0.3) is 11.5 Å². The summed E-state index contributed by atoms with van der Waals surface area (Å²) in [6.45, 7) is 2.18. The second-order valence-electron chi connectivity index (χ2n) is 10.8. The summed E-state index contributed by atoms with van der Waals surface area (Å²) in [7, 11) is 0. The van der Waals surface area contributed by atoms with E-state index in [9.17, 15) is 33.5 Å². The van der Waals surface area contributed by atoms with Crippen molar-refractivity contribution in [2.24, 2.45) is 5.92 Å². The first-order valence-corrected chi connectivity index (χ1v) is 13.3. The molecule has 1 saturated heterocycles. The highest BCUT2D eigenvalue weighted by molar-refractivity contribution is 6.35. The van der Waals surface area contributed by atoms with Crippen LogP contribution in [0.15, 0.2) is 29.1 Å². The molecule has 4 N–H and O–H groups in total. The topological polar surface area (TPSA) is 163 Å². The fourth-order valence-corrected chi connectivity index (χ4v) is 5.89. The van der Waals surface area contributed by atoms with Gasteiger partial charge in [-0.1, -0.05) is 12.1 Å². The van der Waals surface area contributed by atoms with E-state index in [2.05, 4.69) is 20.9 Å². The van der Waals surface area contributed by atoms with Crippen LogP contribution in [0, 0.1) is 11.7 Å². The summed E-state index contributed by atoms with van der Waals surface area (Å²) in [5.74, 6) is -3.63. The molecule has 2 fully saturated rings. The molecule has 1 unspecified atom stereocenters. The first-order valence-electron chi connectivity index (χ1n) is 13.3.